The Morgan fingerprint density at radius 2 is 1.76 bits per heavy atom. The van der Waals surface area contributed by atoms with E-state index in [2.05, 4.69) is 29.6 Å². The first-order valence-electron chi connectivity index (χ1n) is 13.9. The number of carbonyl (C=O) groups is 2. The minimum Gasteiger partial charge on any atom is -0.466 e. The van der Waals surface area contributed by atoms with Crippen molar-refractivity contribution < 1.29 is 29.1 Å². The van der Waals surface area contributed by atoms with Gasteiger partial charge in [0.1, 0.15) is 0 Å². The minimum absolute atomic E-state index is 0.133. The monoisotopic (exact) mass is 582 g/mol. The van der Waals surface area contributed by atoms with Crippen molar-refractivity contribution in [3.63, 3.8) is 0 Å². The first kappa shape index (κ1) is 31.9. The number of benzene rings is 2. The molecule has 1 heterocycles. The van der Waals surface area contributed by atoms with Crippen LogP contribution in [0.25, 0.3) is 0 Å². The lowest BCUT2D eigenvalue weighted by atomic mass is 9.79. The molecule has 2 aromatic carbocycles. The molecule has 0 amide bonds. The average molecular weight is 583 g/mol. The van der Waals surface area contributed by atoms with Crippen LogP contribution < -0.4 is 5.32 Å². The fraction of sp³-hybridized carbons (Fsp3) is 0.419. The van der Waals surface area contributed by atoms with E-state index in [0.717, 1.165) is 29.9 Å². The Morgan fingerprint density at radius 3 is 2.39 bits per heavy atom. The van der Waals surface area contributed by atoms with Crippen LogP contribution in [-0.2, 0) is 25.5 Å². The maximum absolute atomic E-state index is 13.6. The minimum atomic E-state index is -0.869. The molecule has 10 heteroatoms. The van der Waals surface area contributed by atoms with Gasteiger partial charge in [0.2, 0.25) is 0 Å². The largest absolute Gasteiger partial charge is 0.466 e. The van der Waals surface area contributed by atoms with Crippen molar-refractivity contribution in [2.24, 2.45) is 0 Å². The van der Waals surface area contributed by atoms with E-state index in [1.54, 1.807) is 23.9 Å². The number of carbonyl (C=O) groups excluding carboxylic acids is 2. The van der Waals surface area contributed by atoms with Crippen LogP contribution in [0.1, 0.15) is 63.0 Å². The summed E-state index contributed by atoms with van der Waals surface area (Å²) in [6.07, 6.45) is 3.95. The summed E-state index contributed by atoms with van der Waals surface area (Å²) < 4.78 is 10.8. The number of allylic oxidation sites excluding steroid dienone is 2. The zero-order chi connectivity index (χ0) is 29.8. The molecular formula is C31H38N2O7S. The van der Waals surface area contributed by atoms with E-state index in [9.17, 15) is 19.7 Å². The zero-order valence-corrected chi connectivity index (χ0v) is 24.6. The van der Waals surface area contributed by atoms with E-state index < -0.39 is 22.8 Å². The van der Waals surface area contributed by atoms with Crippen LogP contribution >= 0.6 is 11.8 Å². The Bertz CT molecular complexity index is 1290. The lowest BCUT2D eigenvalue weighted by Gasteiger charge is -2.32. The lowest BCUT2D eigenvalue weighted by Crippen LogP contribution is -2.34. The quantitative estimate of drug-likeness (QED) is 0.0877. The van der Waals surface area contributed by atoms with Crippen molar-refractivity contribution in [1.82, 2.24) is 5.32 Å². The van der Waals surface area contributed by atoms with E-state index in [0.29, 0.717) is 36.2 Å². The molecule has 1 unspecified atom stereocenters. The second-order valence-corrected chi connectivity index (χ2v) is 10.8. The van der Waals surface area contributed by atoms with Crippen molar-refractivity contribution in [3.8, 4) is 0 Å². The number of non-ortho nitro benzene ring substituents is 1. The number of hydrogen-bond acceptors (Lipinski definition) is 9. The van der Waals surface area contributed by atoms with Crippen molar-refractivity contribution in [2.45, 2.75) is 63.2 Å². The van der Waals surface area contributed by atoms with Gasteiger partial charge in [0, 0.05) is 40.8 Å². The summed E-state index contributed by atoms with van der Waals surface area (Å²) in [5, 5.41) is 23.8. The molecule has 1 aliphatic heterocycles. The van der Waals surface area contributed by atoms with Gasteiger partial charge in [0.05, 0.1) is 35.7 Å². The van der Waals surface area contributed by atoms with Gasteiger partial charge >= 0.3 is 11.9 Å². The number of aliphatic hydroxyl groups is 1. The molecule has 1 atom stereocenters. The Balaban J connectivity index is 1.81. The number of nitrogens with zero attached hydrogens (tertiary/aromatic N) is 1. The number of thioether (sulfide) groups is 1. The van der Waals surface area contributed by atoms with Crippen molar-refractivity contribution in [1.29, 1.82) is 0 Å². The molecule has 0 aromatic heterocycles. The Labute approximate surface area is 245 Å². The molecule has 1 aliphatic rings. The summed E-state index contributed by atoms with van der Waals surface area (Å²) in [5.74, 6) is -1.30. The van der Waals surface area contributed by atoms with Crippen LogP contribution in [-0.4, -0.2) is 48.0 Å². The SMILES string of the molecule is CCCC1=C(C(=O)OCCCSc2ccc(CCCO)cc2)C(c2cccc([N+](=O)[O-])c2)C(C(=O)OC)=C(CC)N1. The Morgan fingerprint density at radius 1 is 1.02 bits per heavy atom. The normalized spacial score (nSPS) is 15.0. The van der Waals surface area contributed by atoms with E-state index in [-0.39, 0.29) is 30.0 Å². The molecule has 2 aromatic rings. The molecule has 9 nitrogen and oxygen atoms in total. The highest BCUT2D eigenvalue weighted by Crippen LogP contribution is 2.41. The highest BCUT2D eigenvalue weighted by atomic mass is 32.2. The highest BCUT2D eigenvalue weighted by molar-refractivity contribution is 7.99. The van der Waals surface area contributed by atoms with Gasteiger partial charge in [-0.1, -0.05) is 44.5 Å². The molecule has 0 fully saturated rings. The standard InChI is InChI=1S/C31H38N2O7S/c1-4-9-26-29(31(36)40-18-8-19-41-24-15-13-21(14-16-24)10-7-17-34)27(22-11-6-12-23(20-22)33(37)38)28(30(35)39-3)25(5-2)32-26/h6,11-16,20,27,32,34H,4-5,7-10,17-19H2,1-3H3. The smallest absolute Gasteiger partial charge is 0.336 e. The fourth-order valence-corrected chi connectivity index (χ4v) is 5.63. The van der Waals surface area contributed by atoms with Gasteiger partial charge in [0.15, 0.2) is 0 Å². The van der Waals surface area contributed by atoms with Crippen LogP contribution in [0.15, 0.2) is 76.0 Å². The van der Waals surface area contributed by atoms with E-state index in [1.165, 1.54) is 24.8 Å². The van der Waals surface area contributed by atoms with Crippen LogP contribution in [0, 0.1) is 10.1 Å². The van der Waals surface area contributed by atoms with Gasteiger partial charge in [-0.05, 0) is 55.4 Å². The van der Waals surface area contributed by atoms with Crippen LogP contribution in [0.5, 0.6) is 0 Å². The number of methoxy groups -OCH3 is 1. The number of dihydropyridines is 1. The third-order valence-corrected chi connectivity index (χ3v) is 7.86. The van der Waals surface area contributed by atoms with Gasteiger partial charge in [-0.3, -0.25) is 10.1 Å². The summed E-state index contributed by atoms with van der Waals surface area (Å²) in [7, 11) is 1.27. The third kappa shape index (κ3) is 8.43. The molecule has 0 saturated carbocycles. The number of aliphatic hydroxyl groups excluding tert-OH is 1. The summed E-state index contributed by atoms with van der Waals surface area (Å²) in [6.45, 7) is 4.24. The Hall–Kier alpha value is -3.63. The number of aryl methyl sites for hydroxylation is 1. The molecule has 2 N–H and O–H groups in total. The Kier molecular flexibility index (Phi) is 12.4. The van der Waals surface area contributed by atoms with Gasteiger partial charge < -0.3 is 19.9 Å². The zero-order valence-electron chi connectivity index (χ0n) is 23.8. The number of hydrogen-bond donors (Lipinski definition) is 2. The number of rotatable bonds is 15. The molecule has 0 saturated heterocycles. The van der Waals surface area contributed by atoms with Crippen molar-refractivity contribution in [3.05, 3.63) is 92.3 Å². The van der Waals surface area contributed by atoms with Crippen LogP contribution in [0.2, 0.25) is 0 Å². The molecule has 0 spiro atoms. The van der Waals surface area contributed by atoms with Crippen LogP contribution in [0.3, 0.4) is 0 Å². The van der Waals surface area contributed by atoms with E-state index >= 15 is 0 Å². The molecule has 0 aliphatic carbocycles. The number of nitro benzene ring substituents is 1. The van der Waals surface area contributed by atoms with Gasteiger partial charge in [-0.2, -0.15) is 0 Å². The predicted molar refractivity (Wildman–Crippen MR) is 158 cm³/mol. The molecule has 41 heavy (non-hydrogen) atoms. The third-order valence-electron chi connectivity index (χ3n) is 6.76. The highest BCUT2D eigenvalue weighted by Gasteiger charge is 2.39. The van der Waals surface area contributed by atoms with Crippen LogP contribution in [0.4, 0.5) is 5.69 Å². The maximum Gasteiger partial charge on any atom is 0.336 e. The average Bonchev–Trinajstić information content (AvgIpc) is 2.99. The summed E-state index contributed by atoms with van der Waals surface area (Å²) in [6, 6.07) is 14.2. The van der Waals surface area contributed by atoms with E-state index in [4.69, 9.17) is 14.6 Å². The molecular weight excluding hydrogens is 544 g/mol. The summed E-state index contributed by atoms with van der Waals surface area (Å²) >= 11 is 1.66. The van der Waals surface area contributed by atoms with Gasteiger partial charge in [0.25, 0.3) is 5.69 Å². The summed E-state index contributed by atoms with van der Waals surface area (Å²) in [4.78, 5) is 38.8. The molecule has 3 rings (SSSR count). The maximum atomic E-state index is 13.6. The number of nitro groups is 1. The van der Waals surface area contributed by atoms with Crippen molar-refractivity contribution in [2.75, 3.05) is 26.1 Å². The first-order valence-corrected chi connectivity index (χ1v) is 14.9. The predicted octanol–water partition coefficient (Wildman–Crippen LogP) is 5.82. The topological polar surface area (TPSA) is 128 Å². The van der Waals surface area contributed by atoms with Gasteiger partial charge in [-0.15, -0.1) is 11.8 Å². The lowest BCUT2D eigenvalue weighted by molar-refractivity contribution is -0.384. The molecule has 0 radical (unpaired) electrons. The number of nitrogens with one attached hydrogen (secondary N) is 1. The van der Waals surface area contributed by atoms with E-state index in [1.807, 2.05) is 13.8 Å². The first-order chi connectivity index (χ1) is 19.8. The van der Waals surface area contributed by atoms with Gasteiger partial charge in [-0.25, -0.2) is 9.59 Å². The number of esters is 2. The second kappa shape index (κ2) is 16.0. The van der Waals surface area contributed by atoms with Crippen molar-refractivity contribution >= 4 is 29.4 Å². The molecule has 0 bridgehead atoms. The fourth-order valence-electron chi connectivity index (χ4n) is 4.81. The summed E-state index contributed by atoms with van der Waals surface area (Å²) in [5.41, 5.74) is 3.29. The molecule has 220 valence electrons. The second-order valence-electron chi connectivity index (χ2n) is 9.60. The number of ether oxygens (including phenoxy) is 2.